The Bertz CT molecular complexity index is 1480. The van der Waals surface area contributed by atoms with Crippen molar-refractivity contribution in [1.82, 2.24) is 24.9 Å². The van der Waals surface area contributed by atoms with Crippen LogP contribution in [0.1, 0.15) is 36.0 Å². The van der Waals surface area contributed by atoms with Gasteiger partial charge in [-0.15, -0.1) is 0 Å². The molecular weight excluding hydrogens is 468 g/mol. The number of anilines is 3. The molecule has 3 heterocycles. The summed E-state index contributed by atoms with van der Waals surface area (Å²) < 4.78 is 9.10. The van der Waals surface area contributed by atoms with Gasteiger partial charge in [-0.25, -0.2) is 0 Å². The van der Waals surface area contributed by atoms with Crippen LogP contribution in [0, 0.1) is 0 Å². The average molecular weight is 503 g/mol. The van der Waals surface area contributed by atoms with Crippen molar-refractivity contribution in [1.29, 1.82) is 0 Å². The summed E-state index contributed by atoms with van der Waals surface area (Å²) in [6.45, 7) is 1.96. The van der Waals surface area contributed by atoms with Crippen LogP contribution < -0.4 is 25.6 Å². The summed E-state index contributed by atoms with van der Waals surface area (Å²) in [6.07, 6.45) is 8.79. The second-order valence-corrected chi connectivity index (χ2v) is 10.2. The molecule has 0 radical (unpaired) electrons. The van der Waals surface area contributed by atoms with Crippen molar-refractivity contribution in [3.05, 3.63) is 36.2 Å². The Morgan fingerprint density at radius 2 is 1.70 bits per heavy atom. The van der Waals surface area contributed by atoms with Gasteiger partial charge in [-0.1, -0.05) is 0 Å². The summed E-state index contributed by atoms with van der Waals surface area (Å²) in [5, 5.41) is 21.2. The van der Waals surface area contributed by atoms with Gasteiger partial charge in [-0.3, -0.25) is 14.2 Å². The molecule has 4 aromatic rings. The van der Waals surface area contributed by atoms with Gasteiger partial charge in [0.25, 0.3) is 5.91 Å². The molecule has 37 heavy (non-hydrogen) atoms. The highest BCUT2D eigenvalue weighted by molar-refractivity contribution is 6.18. The minimum absolute atomic E-state index is 0.242. The van der Waals surface area contributed by atoms with Crippen LogP contribution in [0.5, 0.6) is 5.75 Å². The molecule has 2 aliphatic rings. The highest BCUT2D eigenvalue weighted by Gasteiger charge is 2.29. The van der Waals surface area contributed by atoms with Crippen molar-refractivity contribution >= 4 is 44.8 Å². The lowest BCUT2D eigenvalue weighted by atomic mass is 10.0. The number of piperidine rings is 1. The van der Waals surface area contributed by atoms with E-state index in [1.807, 2.05) is 45.7 Å². The lowest BCUT2D eigenvalue weighted by molar-refractivity contribution is 0.102. The quantitative estimate of drug-likeness (QED) is 0.356. The number of aryl methyl sites for hydroxylation is 2. The second kappa shape index (κ2) is 9.26. The Morgan fingerprint density at radius 3 is 2.41 bits per heavy atom. The third-order valence-electron chi connectivity index (χ3n) is 7.46. The number of nitrogens with zero attached hydrogens (tertiary/aromatic N) is 5. The van der Waals surface area contributed by atoms with Gasteiger partial charge in [0.15, 0.2) is 0 Å². The molecule has 1 aliphatic heterocycles. The van der Waals surface area contributed by atoms with Crippen molar-refractivity contribution < 1.29 is 9.53 Å². The molecule has 1 saturated heterocycles. The molecule has 2 aromatic carbocycles. The van der Waals surface area contributed by atoms with E-state index >= 15 is 0 Å². The van der Waals surface area contributed by atoms with Crippen LogP contribution in [0.2, 0.25) is 0 Å². The molecule has 0 spiro atoms. The summed E-state index contributed by atoms with van der Waals surface area (Å²) >= 11 is 0. The van der Waals surface area contributed by atoms with Crippen molar-refractivity contribution in [2.75, 3.05) is 42.8 Å². The summed E-state index contributed by atoms with van der Waals surface area (Å²) in [6, 6.07) is 7.14. The number of hydrogen-bond acceptors (Lipinski definition) is 7. The number of fused-ring (bicyclic) bond motifs is 2. The van der Waals surface area contributed by atoms with Gasteiger partial charge >= 0.3 is 0 Å². The van der Waals surface area contributed by atoms with E-state index in [1.54, 1.807) is 16.5 Å². The first-order valence-corrected chi connectivity index (χ1v) is 13.0. The Labute approximate surface area is 215 Å². The smallest absolute Gasteiger partial charge is 0.260 e. The average Bonchev–Trinajstić information content (AvgIpc) is 3.50. The van der Waals surface area contributed by atoms with Crippen LogP contribution in [0.15, 0.2) is 30.6 Å². The van der Waals surface area contributed by atoms with E-state index in [-0.39, 0.29) is 5.91 Å². The highest BCUT2D eigenvalue weighted by atomic mass is 16.5. The maximum atomic E-state index is 13.8. The fourth-order valence-electron chi connectivity index (χ4n) is 5.46. The Kier molecular flexibility index (Phi) is 5.91. The van der Waals surface area contributed by atoms with Gasteiger partial charge in [-0.05, 0) is 37.8 Å². The minimum atomic E-state index is -0.242. The number of nitrogens with one attached hydrogen (secondary N) is 3. The largest absolute Gasteiger partial charge is 0.494 e. The standard InChI is InChI=1S/C27H34N8O2/c1-28-22-12-23(35-9-7-18(8-10-35)29-17-5-6-17)19-15-34(3)32-26(19)25(22)27(36)30-21-11-16-14-33(2)31-20(16)13-24(21)37-4/h11-15,17-18,28-29H,5-10H2,1-4H3,(H,30,36). The third-order valence-corrected chi connectivity index (χ3v) is 7.46. The van der Waals surface area contributed by atoms with E-state index in [2.05, 4.69) is 32.0 Å². The molecule has 194 valence electrons. The molecule has 2 fully saturated rings. The molecule has 0 atom stereocenters. The number of rotatable bonds is 7. The Morgan fingerprint density at radius 1 is 0.973 bits per heavy atom. The molecule has 10 nitrogen and oxygen atoms in total. The molecule has 1 amide bonds. The first-order valence-electron chi connectivity index (χ1n) is 13.0. The number of aromatic nitrogens is 4. The first kappa shape index (κ1) is 23.6. The number of ether oxygens (including phenoxy) is 1. The molecule has 1 aliphatic carbocycles. The van der Waals surface area contributed by atoms with Crippen molar-refractivity contribution in [3.63, 3.8) is 0 Å². The molecule has 2 aromatic heterocycles. The molecule has 0 bridgehead atoms. The van der Waals surface area contributed by atoms with Crippen LogP contribution in [-0.4, -0.2) is 64.8 Å². The Balaban J connectivity index is 1.34. The summed E-state index contributed by atoms with van der Waals surface area (Å²) in [5.41, 5.74) is 4.46. The van der Waals surface area contributed by atoms with E-state index in [0.29, 0.717) is 28.6 Å². The summed E-state index contributed by atoms with van der Waals surface area (Å²) in [7, 11) is 7.21. The zero-order valence-corrected chi connectivity index (χ0v) is 21.8. The predicted octanol–water partition coefficient (Wildman–Crippen LogP) is 3.48. The zero-order valence-electron chi connectivity index (χ0n) is 21.8. The number of carbonyl (C=O) groups excluding carboxylic acids is 1. The van der Waals surface area contributed by atoms with Crippen molar-refractivity contribution in [2.45, 2.75) is 37.8 Å². The highest BCUT2D eigenvalue weighted by Crippen LogP contribution is 2.37. The van der Waals surface area contributed by atoms with E-state index in [1.165, 1.54) is 12.8 Å². The van der Waals surface area contributed by atoms with Crippen molar-refractivity contribution in [2.24, 2.45) is 14.1 Å². The normalized spacial score (nSPS) is 16.5. The van der Waals surface area contributed by atoms with Crippen LogP contribution in [0.25, 0.3) is 21.8 Å². The fraction of sp³-hybridized carbons (Fsp3) is 0.444. The van der Waals surface area contributed by atoms with E-state index < -0.39 is 0 Å². The molecule has 3 N–H and O–H groups in total. The maximum Gasteiger partial charge on any atom is 0.260 e. The first-order chi connectivity index (χ1) is 17.9. The summed E-state index contributed by atoms with van der Waals surface area (Å²) in [5.74, 6) is 0.315. The van der Waals surface area contributed by atoms with Gasteiger partial charge < -0.3 is 25.6 Å². The number of carbonyl (C=O) groups is 1. The number of benzene rings is 2. The van der Waals surface area contributed by atoms with Gasteiger partial charge in [0.1, 0.15) is 11.3 Å². The van der Waals surface area contributed by atoms with Gasteiger partial charge in [0.05, 0.1) is 29.6 Å². The van der Waals surface area contributed by atoms with E-state index in [9.17, 15) is 4.79 Å². The number of amides is 1. The van der Waals surface area contributed by atoms with Crippen LogP contribution in [0.4, 0.5) is 17.1 Å². The SMILES string of the molecule is CNc1cc(N2CCC(NC3CC3)CC2)c2cn(C)nc2c1C(=O)Nc1cc2cn(C)nc2cc1OC. The van der Waals surface area contributed by atoms with Gasteiger partial charge in [-0.2, -0.15) is 10.2 Å². The van der Waals surface area contributed by atoms with Crippen LogP contribution >= 0.6 is 0 Å². The molecular formula is C27H34N8O2. The lowest BCUT2D eigenvalue weighted by Gasteiger charge is -2.35. The van der Waals surface area contributed by atoms with Gasteiger partial charge in [0.2, 0.25) is 0 Å². The molecule has 6 rings (SSSR count). The summed E-state index contributed by atoms with van der Waals surface area (Å²) in [4.78, 5) is 16.2. The monoisotopic (exact) mass is 502 g/mol. The van der Waals surface area contributed by atoms with E-state index in [4.69, 9.17) is 9.84 Å². The Hall–Kier alpha value is -3.79. The molecule has 10 heteroatoms. The van der Waals surface area contributed by atoms with Gasteiger partial charge in [0, 0.05) is 81.2 Å². The fourth-order valence-corrected chi connectivity index (χ4v) is 5.46. The number of methoxy groups -OCH3 is 1. The van der Waals surface area contributed by atoms with Crippen LogP contribution in [0.3, 0.4) is 0 Å². The van der Waals surface area contributed by atoms with Crippen molar-refractivity contribution in [3.8, 4) is 5.75 Å². The lowest BCUT2D eigenvalue weighted by Crippen LogP contribution is -2.43. The third kappa shape index (κ3) is 4.46. The maximum absolute atomic E-state index is 13.8. The zero-order chi connectivity index (χ0) is 25.7. The number of hydrogen-bond donors (Lipinski definition) is 3. The van der Waals surface area contributed by atoms with Crippen LogP contribution in [-0.2, 0) is 14.1 Å². The predicted molar refractivity (Wildman–Crippen MR) is 147 cm³/mol. The minimum Gasteiger partial charge on any atom is -0.494 e. The second-order valence-electron chi connectivity index (χ2n) is 10.2. The van der Waals surface area contributed by atoms with E-state index in [0.717, 1.165) is 59.6 Å². The molecule has 0 unspecified atom stereocenters. The topological polar surface area (TPSA) is 101 Å². The molecule has 1 saturated carbocycles.